The molecule has 4 nitrogen and oxygen atoms in total. The Morgan fingerprint density at radius 3 is 2.94 bits per heavy atom. The van der Waals surface area contributed by atoms with Crippen molar-refractivity contribution in [2.75, 3.05) is 0 Å². The first-order valence-corrected chi connectivity index (χ1v) is 6.29. The van der Waals surface area contributed by atoms with E-state index in [1.54, 1.807) is 17.4 Å². The molecule has 5 heteroatoms. The lowest BCUT2D eigenvalue weighted by Gasteiger charge is -1.94. The molecule has 2 aromatic heterocycles. The van der Waals surface area contributed by atoms with Crippen LogP contribution in [0.2, 0.25) is 0 Å². The summed E-state index contributed by atoms with van der Waals surface area (Å²) in [6.07, 6.45) is 3.29. The van der Waals surface area contributed by atoms with Crippen molar-refractivity contribution in [1.82, 2.24) is 15.0 Å². The average Bonchev–Trinajstić information content (AvgIpc) is 3.05. The molecule has 0 unspecified atom stereocenters. The van der Waals surface area contributed by atoms with Crippen molar-refractivity contribution in [3.05, 3.63) is 52.7 Å². The maximum absolute atomic E-state index is 12.0. The van der Waals surface area contributed by atoms with E-state index in [4.69, 9.17) is 0 Å². The summed E-state index contributed by atoms with van der Waals surface area (Å²) in [5.41, 5.74) is 1.44. The minimum atomic E-state index is -0.197. The van der Waals surface area contributed by atoms with Crippen LogP contribution >= 0.6 is 11.3 Å². The largest absolute Gasteiger partial charge is 0.272 e. The highest BCUT2D eigenvalue weighted by Crippen LogP contribution is 2.12. The van der Waals surface area contributed by atoms with E-state index in [2.05, 4.69) is 10.3 Å². The maximum atomic E-state index is 12.0. The summed E-state index contributed by atoms with van der Waals surface area (Å²) in [6.45, 7) is 0. The lowest BCUT2D eigenvalue weighted by atomic mass is 10.3. The molecule has 0 amide bonds. The molecule has 0 aliphatic heterocycles. The fraction of sp³-hybridized carbons (Fsp3) is 0. The molecule has 0 bridgehead atoms. The van der Waals surface area contributed by atoms with Crippen LogP contribution in [0.3, 0.4) is 0 Å². The maximum Gasteiger partial charge on any atom is 0.272 e. The van der Waals surface area contributed by atoms with Gasteiger partial charge >= 0.3 is 0 Å². The number of nitrogens with zero attached hydrogens (tertiary/aromatic N) is 3. The number of carbonyl (C=O) groups is 1. The number of aromatic nitrogens is 3. The van der Waals surface area contributed by atoms with Crippen LogP contribution in [0.1, 0.15) is 9.67 Å². The lowest BCUT2D eigenvalue weighted by Crippen LogP contribution is -2.08. The third-order valence-electron chi connectivity index (χ3n) is 2.49. The van der Waals surface area contributed by atoms with E-state index in [1.807, 2.05) is 41.8 Å². The van der Waals surface area contributed by atoms with Gasteiger partial charge in [0.25, 0.3) is 5.91 Å². The topological polar surface area (TPSA) is 47.8 Å². The Hall–Kier alpha value is -2.27. The monoisotopic (exact) mass is 255 g/mol. The number of allylic oxidation sites excluding steroid dienone is 1. The van der Waals surface area contributed by atoms with Crippen LogP contribution in [-0.2, 0) is 0 Å². The van der Waals surface area contributed by atoms with Crippen molar-refractivity contribution in [3.8, 4) is 0 Å². The Morgan fingerprint density at radius 1 is 1.22 bits per heavy atom. The van der Waals surface area contributed by atoms with Gasteiger partial charge in [0.1, 0.15) is 5.52 Å². The Kier molecular flexibility index (Phi) is 2.74. The van der Waals surface area contributed by atoms with Crippen LogP contribution < -0.4 is 0 Å². The third-order valence-corrected chi connectivity index (χ3v) is 3.33. The van der Waals surface area contributed by atoms with Gasteiger partial charge in [-0.2, -0.15) is 4.68 Å². The number of hydrogen-bond donors (Lipinski definition) is 0. The van der Waals surface area contributed by atoms with Crippen LogP contribution in [0, 0.1) is 0 Å². The molecule has 0 spiro atoms. The summed E-state index contributed by atoms with van der Waals surface area (Å²) in [6, 6.07) is 11.3. The van der Waals surface area contributed by atoms with Crippen molar-refractivity contribution in [2.45, 2.75) is 0 Å². The van der Waals surface area contributed by atoms with Crippen LogP contribution in [0.15, 0.2) is 47.9 Å². The number of thiophene rings is 1. The first-order valence-electron chi connectivity index (χ1n) is 5.41. The fourth-order valence-electron chi connectivity index (χ4n) is 1.64. The van der Waals surface area contributed by atoms with Crippen molar-refractivity contribution in [2.24, 2.45) is 0 Å². The Bertz CT molecular complexity index is 713. The third kappa shape index (κ3) is 1.96. The zero-order chi connectivity index (χ0) is 12.4. The van der Waals surface area contributed by atoms with Gasteiger partial charge in [0.2, 0.25) is 0 Å². The fourth-order valence-corrected chi connectivity index (χ4v) is 2.26. The van der Waals surface area contributed by atoms with Gasteiger partial charge in [0.15, 0.2) is 0 Å². The van der Waals surface area contributed by atoms with Crippen LogP contribution in [-0.4, -0.2) is 20.9 Å². The van der Waals surface area contributed by atoms with E-state index < -0.39 is 0 Å². The summed E-state index contributed by atoms with van der Waals surface area (Å²) in [4.78, 5) is 13.0. The number of fused-ring (bicyclic) bond motifs is 1. The molecule has 3 aromatic rings. The molecule has 88 valence electrons. The summed E-state index contributed by atoms with van der Waals surface area (Å²) in [7, 11) is 0. The average molecular weight is 255 g/mol. The number of benzene rings is 1. The van der Waals surface area contributed by atoms with Gasteiger partial charge in [-0.25, -0.2) is 0 Å². The van der Waals surface area contributed by atoms with Gasteiger partial charge in [-0.15, -0.1) is 16.4 Å². The Labute approximate surface area is 107 Å². The summed E-state index contributed by atoms with van der Waals surface area (Å²) in [5.74, 6) is -0.197. The second kappa shape index (κ2) is 4.54. The first-order chi connectivity index (χ1) is 8.84. The van der Waals surface area contributed by atoms with Crippen molar-refractivity contribution >= 4 is 34.4 Å². The van der Waals surface area contributed by atoms with Crippen LogP contribution in [0.25, 0.3) is 17.1 Å². The van der Waals surface area contributed by atoms with Crippen LogP contribution in [0.4, 0.5) is 0 Å². The number of para-hydroxylation sites is 1. The van der Waals surface area contributed by atoms with E-state index in [-0.39, 0.29) is 5.91 Å². The second-order valence-corrected chi connectivity index (χ2v) is 4.66. The molecule has 0 atom stereocenters. The predicted molar refractivity (Wildman–Crippen MR) is 71.5 cm³/mol. The molecular weight excluding hydrogens is 246 g/mol. The minimum absolute atomic E-state index is 0.197. The predicted octanol–water partition coefficient (Wildman–Crippen LogP) is 2.85. The number of carbonyl (C=O) groups excluding carboxylic acids is 1. The van der Waals surface area contributed by atoms with Gasteiger partial charge in [-0.3, -0.25) is 4.79 Å². The normalized spacial score (nSPS) is 11.3. The molecule has 0 aliphatic carbocycles. The van der Waals surface area contributed by atoms with E-state index in [9.17, 15) is 4.79 Å². The van der Waals surface area contributed by atoms with E-state index in [0.717, 1.165) is 15.9 Å². The first kappa shape index (κ1) is 10.9. The van der Waals surface area contributed by atoms with Crippen LogP contribution in [0.5, 0.6) is 0 Å². The minimum Gasteiger partial charge on any atom is -0.267 e. The summed E-state index contributed by atoms with van der Waals surface area (Å²) < 4.78 is 1.30. The zero-order valence-corrected chi connectivity index (χ0v) is 10.2. The Balaban J connectivity index is 1.93. The van der Waals surface area contributed by atoms with Gasteiger partial charge in [0.05, 0.1) is 5.52 Å². The van der Waals surface area contributed by atoms with E-state index in [1.165, 1.54) is 10.8 Å². The molecule has 0 saturated carbocycles. The van der Waals surface area contributed by atoms with Crippen molar-refractivity contribution < 1.29 is 4.79 Å². The molecule has 3 rings (SSSR count). The molecule has 0 N–H and O–H groups in total. The molecule has 1 aromatic carbocycles. The molecule has 18 heavy (non-hydrogen) atoms. The molecular formula is C13H9N3OS. The van der Waals surface area contributed by atoms with E-state index in [0.29, 0.717) is 0 Å². The standard InChI is InChI=1S/C13H9N3OS/c17-13(8-7-10-4-3-9-18-10)16-12-6-2-1-5-11(12)14-15-16/h1-9H/b8-7+. The van der Waals surface area contributed by atoms with Crippen molar-refractivity contribution in [3.63, 3.8) is 0 Å². The zero-order valence-electron chi connectivity index (χ0n) is 9.35. The Morgan fingerprint density at radius 2 is 2.11 bits per heavy atom. The number of hydrogen-bond acceptors (Lipinski definition) is 4. The lowest BCUT2D eigenvalue weighted by molar-refractivity contribution is 0.0958. The molecule has 0 aliphatic rings. The second-order valence-electron chi connectivity index (χ2n) is 3.68. The highest BCUT2D eigenvalue weighted by Gasteiger charge is 2.08. The van der Waals surface area contributed by atoms with Gasteiger partial charge in [-0.05, 0) is 29.7 Å². The summed E-state index contributed by atoms with van der Waals surface area (Å²) >= 11 is 1.58. The molecule has 0 fully saturated rings. The highest BCUT2D eigenvalue weighted by atomic mass is 32.1. The quantitative estimate of drug-likeness (QED) is 0.661. The molecule has 2 heterocycles. The SMILES string of the molecule is O=C(/C=C/c1cccs1)n1nnc2ccccc21. The summed E-state index contributed by atoms with van der Waals surface area (Å²) in [5, 5.41) is 9.78. The molecule has 0 saturated heterocycles. The van der Waals surface area contributed by atoms with Gasteiger partial charge in [-0.1, -0.05) is 23.4 Å². The molecule has 0 radical (unpaired) electrons. The van der Waals surface area contributed by atoms with Gasteiger partial charge in [0, 0.05) is 11.0 Å². The smallest absolute Gasteiger partial charge is 0.267 e. The highest BCUT2D eigenvalue weighted by molar-refractivity contribution is 7.10. The number of rotatable bonds is 2. The van der Waals surface area contributed by atoms with Crippen molar-refractivity contribution in [1.29, 1.82) is 0 Å². The van der Waals surface area contributed by atoms with E-state index >= 15 is 0 Å². The van der Waals surface area contributed by atoms with Gasteiger partial charge < -0.3 is 0 Å².